The number of nitrogens with one attached hydrogen (secondary N) is 1. The van der Waals surface area contributed by atoms with Crippen LogP contribution in [0.25, 0.3) is 10.2 Å². The number of hydrogen-bond donors (Lipinski definition) is 2. The van der Waals surface area contributed by atoms with Crippen LogP contribution in [0.15, 0.2) is 17.8 Å². The number of carboxylic acid groups (broad SMARTS) is 1. The number of nitrogens with zero attached hydrogens (tertiary/aromatic N) is 3. The molecule has 0 spiro atoms. The summed E-state index contributed by atoms with van der Waals surface area (Å²) in [7, 11) is 0. The van der Waals surface area contributed by atoms with Gasteiger partial charge >= 0.3 is 5.97 Å². The number of thiophene rings is 1. The van der Waals surface area contributed by atoms with Crippen LogP contribution in [0.5, 0.6) is 0 Å². The molecule has 4 rings (SSSR count). The number of anilines is 1. The van der Waals surface area contributed by atoms with E-state index in [1.807, 2.05) is 11.4 Å². The molecule has 2 aromatic heterocycles. The second-order valence-corrected chi connectivity index (χ2v) is 7.64. The summed E-state index contributed by atoms with van der Waals surface area (Å²) in [6.07, 6.45) is 5.17. The average molecular weight is 360 g/mol. The summed E-state index contributed by atoms with van der Waals surface area (Å²) in [6, 6.07) is 1.71. The molecular weight excluding hydrogens is 340 g/mol. The molecule has 1 unspecified atom stereocenters. The lowest BCUT2D eigenvalue weighted by molar-refractivity contribution is -0.141. The number of carbonyl (C=O) groups excluding carboxylic acids is 1. The van der Waals surface area contributed by atoms with Crippen molar-refractivity contribution in [3.63, 3.8) is 0 Å². The maximum atomic E-state index is 12.8. The summed E-state index contributed by atoms with van der Waals surface area (Å²) >= 11 is 1.57. The number of carboxylic acids is 1. The first-order chi connectivity index (χ1) is 12.1. The van der Waals surface area contributed by atoms with Crippen LogP contribution in [-0.2, 0) is 9.59 Å². The van der Waals surface area contributed by atoms with Gasteiger partial charge in [-0.25, -0.2) is 9.97 Å². The van der Waals surface area contributed by atoms with Gasteiger partial charge in [-0.3, -0.25) is 9.59 Å². The summed E-state index contributed by atoms with van der Waals surface area (Å²) in [5.74, 6) is -0.299. The van der Waals surface area contributed by atoms with Crippen molar-refractivity contribution in [2.45, 2.75) is 44.2 Å². The Hall–Kier alpha value is -2.22. The van der Waals surface area contributed by atoms with Crippen molar-refractivity contribution in [1.29, 1.82) is 0 Å². The van der Waals surface area contributed by atoms with Gasteiger partial charge in [-0.05, 0) is 43.6 Å². The molecule has 25 heavy (non-hydrogen) atoms. The molecule has 2 aromatic rings. The number of fused-ring (bicyclic) bond motifs is 1. The third kappa shape index (κ3) is 3.06. The lowest BCUT2D eigenvalue weighted by Crippen LogP contribution is -2.46. The third-order valence-corrected chi connectivity index (χ3v) is 6.02. The van der Waals surface area contributed by atoms with E-state index in [0.717, 1.165) is 41.8 Å². The van der Waals surface area contributed by atoms with E-state index in [2.05, 4.69) is 20.2 Å². The molecule has 2 aliphatic rings. The Balaban J connectivity index is 1.49. The normalized spacial score (nSPS) is 26.2. The molecule has 2 fully saturated rings. The fourth-order valence-corrected chi connectivity index (χ4v) is 4.66. The van der Waals surface area contributed by atoms with Crippen LogP contribution >= 0.6 is 11.3 Å². The molecular formula is C17H20N4O3S. The summed E-state index contributed by atoms with van der Waals surface area (Å²) in [6.45, 7) is 0.794. The number of aliphatic carboxylic acids is 1. The number of amides is 1. The van der Waals surface area contributed by atoms with E-state index in [4.69, 9.17) is 5.11 Å². The molecule has 1 aliphatic carbocycles. The first kappa shape index (κ1) is 16.3. The zero-order valence-electron chi connectivity index (χ0n) is 13.7. The Morgan fingerprint density at radius 2 is 2.16 bits per heavy atom. The van der Waals surface area contributed by atoms with Crippen LogP contribution in [0, 0.1) is 5.92 Å². The largest absolute Gasteiger partial charge is 0.481 e. The van der Waals surface area contributed by atoms with Crippen LogP contribution in [0.1, 0.15) is 32.1 Å². The molecule has 0 aromatic carbocycles. The Kier molecular flexibility index (Phi) is 4.29. The number of hydrogen-bond acceptors (Lipinski definition) is 6. The Labute approximate surface area is 149 Å². The highest BCUT2D eigenvalue weighted by atomic mass is 32.1. The molecule has 0 radical (unpaired) electrons. The highest BCUT2D eigenvalue weighted by Gasteiger charge is 2.36. The minimum absolute atomic E-state index is 0.0180. The average Bonchev–Trinajstić information content (AvgIpc) is 3.33. The second-order valence-electron chi connectivity index (χ2n) is 6.74. The van der Waals surface area contributed by atoms with Gasteiger partial charge in [0.25, 0.3) is 0 Å². The van der Waals surface area contributed by atoms with Gasteiger partial charge in [0.15, 0.2) is 0 Å². The molecule has 0 bridgehead atoms. The van der Waals surface area contributed by atoms with Gasteiger partial charge in [-0.1, -0.05) is 0 Å². The van der Waals surface area contributed by atoms with E-state index in [1.165, 1.54) is 0 Å². The Morgan fingerprint density at radius 1 is 1.28 bits per heavy atom. The topological polar surface area (TPSA) is 95.4 Å². The van der Waals surface area contributed by atoms with Gasteiger partial charge in [0.2, 0.25) is 5.91 Å². The molecule has 1 amide bonds. The fourth-order valence-electron chi connectivity index (χ4n) is 3.93. The van der Waals surface area contributed by atoms with Gasteiger partial charge < -0.3 is 15.3 Å². The summed E-state index contributed by atoms with van der Waals surface area (Å²) in [5.41, 5.74) is 0. The molecule has 3 atom stereocenters. The maximum Gasteiger partial charge on any atom is 0.306 e. The van der Waals surface area contributed by atoms with Gasteiger partial charge in [0.05, 0.1) is 11.3 Å². The van der Waals surface area contributed by atoms with Crippen molar-refractivity contribution in [1.82, 2.24) is 15.3 Å². The Bertz CT molecular complexity index is 808. The van der Waals surface area contributed by atoms with Crippen LogP contribution in [-0.4, -0.2) is 45.6 Å². The van der Waals surface area contributed by atoms with Crippen molar-refractivity contribution < 1.29 is 14.7 Å². The number of rotatable bonds is 4. The highest BCUT2D eigenvalue weighted by Crippen LogP contribution is 2.32. The first-order valence-corrected chi connectivity index (χ1v) is 9.49. The summed E-state index contributed by atoms with van der Waals surface area (Å²) < 4.78 is 0. The summed E-state index contributed by atoms with van der Waals surface area (Å²) in [4.78, 5) is 35.6. The minimum atomic E-state index is -0.764. The van der Waals surface area contributed by atoms with Crippen molar-refractivity contribution in [2.75, 3.05) is 11.4 Å². The quantitative estimate of drug-likeness (QED) is 0.866. The molecule has 1 saturated carbocycles. The van der Waals surface area contributed by atoms with Crippen LogP contribution in [0.3, 0.4) is 0 Å². The zero-order valence-corrected chi connectivity index (χ0v) is 14.5. The molecule has 1 aliphatic heterocycles. The van der Waals surface area contributed by atoms with Crippen molar-refractivity contribution in [3.05, 3.63) is 17.8 Å². The van der Waals surface area contributed by atoms with E-state index in [0.29, 0.717) is 12.8 Å². The number of carbonyl (C=O) groups is 2. The summed E-state index contributed by atoms with van der Waals surface area (Å²) in [5, 5.41) is 15.1. The first-order valence-electron chi connectivity index (χ1n) is 8.61. The van der Waals surface area contributed by atoms with E-state index in [1.54, 1.807) is 17.7 Å². The predicted molar refractivity (Wildman–Crippen MR) is 94.7 cm³/mol. The highest BCUT2D eigenvalue weighted by molar-refractivity contribution is 7.16. The monoisotopic (exact) mass is 360 g/mol. The third-order valence-electron chi connectivity index (χ3n) is 5.20. The lowest BCUT2D eigenvalue weighted by Gasteiger charge is -2.26. The SMILES string of the molecule is O=C(N[C@H]1CC[C@@H](C(=O)O)C1)C1CCCN1c1ncnc2sccc12. The van der Waals surface area contributed by atoms with Crippen LogP contribution < -0.4 is 10.2 Å². The Morgan fingerprint density at radius 3 is 2.96 bits per heavy atom. The minimum Gasteiger partial charge on any atom is -0.481 e. The van der Waals surface area contributed by atoms with Gasteiger partial charge in [0.1, 0.15) is 23.0 Å². The molecule has 1 saturated heterocycles. The zero-order chi connectivity index (χ0) is 17.4. The molecule has 132 valence electrons. The van der Waals surface area contributed by atoms with Gasteiger partial charge in [-0.15, -0.1) is 11.3 Å². The van der Waals surface area contributed by atoms with E-state index in [-0.39, 0.29) is 23.9 Å². The maximum absolute atomic E-state index is 12.8. The molecule has 8 heteroatoms. The van der Waals surface area contributed by atoms with Crippen molar-refractivity contribution >= 4 is 39.2 Å². The lowest BCUT2D eigenvalue weighted by atomic mass is 10.1. The molecule has 7 nitrogen and oxygen atoms in total. The van der Waals surface area contributed by atoms with E-state index in [9.17, 15) is 9.59 Å². The van der Waals surface area contributed by atoms with Crippen LogP contribution in [0.2, 0.25) is 0 Å². The van der Waals surface area contributed by atoms with Gasteiger partial charge in [-0.2, -0.15) is 0 Å². The van der Waals surface area contributed by atoms with Gasteiger partial charge in [0, 0.05) is 12.6 Å². The smallest absolute Gasteiger partial charge is 0.306 e. The van der Waals surface area contributed by atoms with E-state index >= 15 is 0 Å². The van der Waals surface area contributed by atoms with E-state index < -0.39 is 5.97 Å². The van der Waals surface area contributed by atoms with Crippen molar-refractivity contribution in [3.8, 4) is 0 Å². The standard InChI is InChI=1S/C17H20N4O3S/c22-15(20-11-4-3-10(8-11)17(23)24)13-2-1-6-21(13)14-12-5-7-25-16(12)19-9-18-14/h5,7,9-11,13H,1-4,6,8H2,(H,20,22)(H,23,24)/t10-,11+,13?/m1/s1. The molecule has 2 N–H and O–H groups in total. The van der Waals surface area contributed by atoms with Crippen molar-refractivity contribution in [2.24, 2.45) is 5.92 Å². The second kappa shape index (κ2) is 6.59. The predicted octanol–water partition coefficient (Wildman–Crippen LogP) is 2.03. The fraction of sp³-hybridized carbons (Fsp3) is 0.529. The molecule has 3 heterocycles. The van der Waals surface area contributed by atoms with Crippen LogP contribution in [0.4, 0.5) is 5.82 Å². The number of aromatic nitrogens is 2.